The molecule has 0 unspecified atom stereocenters. The van der Waals surface area contributed by atoms with Crippen LogP contribution in [0.3, 0.4) is 0 Å². The summed E-state index contributed by atoms with van der Waals surface area (Å²) in [6.45, 7) is 0. The van der Waals surface area contributed by atoms with Gasteiger partial charge in [-0.15, -0.1) is 0 Å². The van der Waals surface area contributed by atoms with Gasteiger partial charge in [-0.3, -0.25) is 0 Å². The monoisotopic (exact) mass is 218 g/mol. The van der Waals surface area contributed by atoms with Crippen molar-refractivity contribution in [1.29, 1.82) is 0 Å². The van der Waals surface area contributed by atoms with E-state index in [-0.39, 0.29) is 41.7 Å². The van der Waals surface area contributed by atoms with E-state index in [1.54, 1.807) is 0 Å². The third kappa shape index (κ3) is 389. The van der Waals surface area contributed by atoms with Crippen LogP contribution in [0.1, 0.15) is 0 Å². The minimum absolute atomic E-state index is 0. The normalized spacial score (nSPS) is 4.00. The van der Waals surface area contributed by atoms with E-state index >= 15 is 0 Å². The summed E-state index contributed by atoms with van der Waals surface area (Å²) >= 11 is 0. The van der Waals surface area contributed by atoms with Crippen molar-refractivity contribution in [2.24, 2.45) is 0 Å². The topological polar surface area (TPSA) is 101 Å². The van der Waals surface area contributed by atoms with Crippen molar-refractivity contribution in [3.8, 4) is 0 Å². The van der Waals surface area contributed by atoms with Gasteiger partial charge >= 0.3 is 0 Å². The van der Waals surface area contributed by atoms with Gasteiger partial charge in [0.1, 0.15) is 0 Å². The molecule has 0 saturated carbocycles. The Morgan fingerprint density at radius 3 is 1.33 bits per heavy atom. The fraction of sp³-hybridized carbons (Fsp3) is 0. The average molecular weight is 218 g/mol. The molecule has 0 spiro atoms. The van der Waals surface area contributed by atoms with E-state index in [9.17, 15) is 0 Å². The Morgan fingerprint density at radius 2 is 1.33 bits per heavy atom. The number of nitrogens with zero attached hydrogens (tertiary/aromatic N) is 1. The standard InChI is InChI=1S/La.NO3.H3N/c;2-1(3)4;/h;;1H3/q;-1;. The molecule has 0 saturated heterocycles. The second-order valence-electron chi connectivity index (χ2n) is 0.224. The van der Waals surface area contributed by atoms with Crippen molar-refractivity contribution in [2.75, 3.05) is 0 Å². The van der Waals surface area contributed by atoms with Crippen molar-refractivity contribution >= 4 is 0 Å². The van der Waals surface area contributed by atoms with Crippen LogP contribution in [0, 0.1) is 50.9 Å². The van der Waals surface area contributed by atoms with Gasteiger partial charge in [0.15, 0.2) is 0 Å². The SMILES string of the molecule is N.O=[N+]([O-])[O-].[La]. The van der Waals surface area contributed by atoms with Crippen molar-refractivity contribution in [1.82, 2.24) is 6.15 Å². The molecule has 0 aliphatic carbocycles. The summed E-state index contributed by atoms with van der Waals surface area (Å²) in [6, 6.07) is 0. The van der Waals surface area contributed by atoms with Gasteiger partial charge in [0.2, 0.25) is 0 Å². The number of hydrogen-bond donors (Lipinski definition) is 1. The van der Waals surface area contributed by atoms with Gasteiger partial charge in [-0.1, -0.05) is 0 Å². The molecule has 0 bridgehead atoms. The molecule has 0 rings (SSSR count). The molecule has 0 atom stereocenters. The first kappa shape index (κ1) is 16.2. The van der Waals surface area contributed by atoms with Crippen LogP contribution in [0.25, 0.3) is 0 Å². The van der Waals surface area contributed by atoms with Gasteiger partial charge in [-0.2, -0.15) is 0 Å². The first-order valence-electron chi connectivity index (χ1n) is 0.548. The van der Waals surface area contributed by atoms with Gasteiger partial charge in [-0.05, 0) is 0 Å². The van der Waals surface area contributed by atoms with E-state index in [4.69, 9.17) is 15.3 Å². The van der Waals surface area contributed by atoms with Crippen molar-refractivity contribution in [2.45, 2.75) is 0 Å². The summed E-state index contributed by atoms with van der Waals surface area (Å²) in [4.78, 5) is 8.25. The summed E-state index contributed by atoms with van der Waals surface area (Å²) in [5, 5.41) is 14.8. The van der Waals surface area contributed by atoms with E-state index in [0.29, 0.717) is 0 Å². The molecular formula is H3LaN2O3-. The van der Waals surface area contributed by atoms with E-state index in [0.717, 1.165) is 0 Å². The van der Waals surface area contributed by atoms with E-state index in [2.05, 4.69) is 0 Å². The second-order valence-corrected chi connectivity index (χ2v) is 0.224. The predicted octanol–water partition coefficient (Wildman–Crippen LogP) is -0.0771. The summed E-state index contributed by atoms with van der Waals surface area (Å²) in [7, 11) is 0. The summed E-state index contributed by atoms with van der Waals surface area (Å²) in [5.41, 5.74) is 0. The second kappa shape index (κ2) is 9.02. The zero-order valence-corrected chi connectivity index (χ0v) is 6.58. The van der Waals surface area contributed by atoms with Crippen molar-refractivity contribution in [3.63, 3.8) is 0 Å². The first-order chi connectivity index (χ1) is 1.73. The minimum Gasteiger partial charge on any atom is -0.356 e. The van der Waals surface area contributed by atoms with Gasteiger partial charge in [0.05, 0.1) is 5.09 Å². The zero-order chi connectivity index (χ0) is 3.58. The Hall–Kier alpha value is 0.355. The third-order valence-corrected chi connectivity index (χ3v) is 0. The van der Waals surface area contributed by atoms with E-state index in [1.807, 2.05) is 0 Å². The Morgan fingerprint density at radius 1 is 1.33 bits per heavy atom. The fourth-order valence-corrected chi connectivity index (χ4v) is 0. The molecule has 0 aromatic heterocycles. The molecule has 0 aliphatic heterocycles. The Kier molecular flexibility index (Phi) is 24.3. The maximum atomic E-state index is 8.25. The summed E-state index contributed by atoms with van der Waals surface area (Å²) in [6.07, 6.45) is 0. The molecule has 0 aromatic rings. The van der Waals surface area contributed by atoms with Crippen LogP contribution in [0.2, 0.25) is 0 Å². The molecule has 0 heterocycles. The molecule has 0 aliphatic rings. The van der Waals surface area contributed by atoms with E-state index < -0.39 is 5.09 Å². The average Bonchev–Trinajstić information content (AvgIpc) is 0.811. The largest absolute Gasteiger partial charge is 0.356 e. The Bertz CT molecular complexity index is 31.8. The predicted molar refractivity (Wildman–Crippen MR) is 15.4 cm³/mol. The van der Waals surface area contributed by atoms with Crippen LogP contribution in [0.15, 0.2) is 0 Å². The van der Waals surface area contributed by atoms with E-state index in [1.165, 1.54) is 0 Å². The van der Waals surface area contributed by atoms with Crippen LogP contribution in [0.4, 0.5) is 0 Å². The van der Waals surface area contributed by atoms with Gasteiger partial charge < -0.3 is 21.5 Å². The van der Waals surface area contributed by atoms with Crippen LogP contribution in [-0.2, 0) is 0 Å². The molecule has 6 heteroatoms. The maximum absolute atomic E-state index is 8.25. The van der Waals surface area contributed by atoms with Crippen LogP contribution in [0.5, 0.6) is 0 Å². The Labute approximate surface area is 62.0 Å². The van der Waals surface area contributed by atoms with Crippen LogP contribution < -0.4 is 6.15 Å². The molecule has 6 heavy (non-hydrogen) atoms. The molecular weight excluding hydrogens is 215 g/mol. The molecule has 3 N–H and O–H groups in total. The van der Waals surface area contributed by atoms with Crippen LogP contribution in [-0.4, -0.2) is 5.09 Å². The maximum Gasteiger partial charge on any atom is 0.0689 e. The smallest absolute Gasteiger partial charge is 0.0689 e. The minimum atomic E-state index is -1.75. The van der Waals surface area contributed by atoms with Gasteiger partial charge in [0.25, 0.3) is 0 Å². The van der Waals surface area contributed by atoms with Gasteiger partial charge in [-0.25, -0.2) is 0 Å². The Balaban J connectivity index is -0.0000000450. The fourth-order valence-electron chi connectivity index (χ4n) is 0. The molecule has 5 nitrogen and oxygen atoms in total. The summed E-state index contributed by atoms with van der Waals surface area (Å²) < 4.78 is 0. The van der Waals surface area contributed by atoms with Crippen molar-refractivity contribution < 1.29 is 40.7 Å². The number of hydrogen-bond acceptors (Lipinski definition) is 4. The van der Waals surface area contributed by atoms with Crippen molar-refractivity contribution in [3.05, 3.63) is 15.3 Å². The third-order valence-electron chi connectivity index (χ3n) is 0. The number of rotatable bonds is 0. The molecule has 35 valence electrons. The first-order valence-corrected chi connectivity index (χ1v) is 0.548. The zero-order valence-electron chi connectivity index (χ0n) is 2.96. The van der Waals surface area contributed by atoms with Crippen LogP contribution >= 0.6 is 0 Å². The summed E-state index contributed by atoms with van der Waals surface area (Å²) in [5.74, 6) is 0. The molecule has 1 radical (unpaired) electrons. The quantitative estimate of drug-likeness (QED) is 0.453. The van der Waals surface area contributed by atoms with Gasteiger partial charge in [0, 0.05) is 35.6 Å². The molecule has 0 aromatic carbocycles. The molecule has 0 amide bonds. The molecule has 0 fully saturated rings.